The third-order valence-corrected chi connectivity index (χ3v) is 2.57. The summed E-state index contributed by atoms with van der Waals surface area (Å²) in [5.74, 6) is -1.55. The van der Waals surface area contributed by atoms with E-state index in [1.807, 2.05) is 0 Å². The van der Waals surface area contributed by atoms with Crippen molar-refractivity contribution in [3.63, 3.8) is 0 Å². The molecule has 6 nitrogen and oxygen atoms in total. The normalized spacial score (nSPS) is 9.85. The number of ether oxygens (including phenoxy) is 1. The summed E-state index contributed by atoms with van der Waals surface area (Å²) in [7, 11) is 1.39. The van der Waals surface area contributed by atoms with Gasteiger partial charge in [-0.1, -0.05) is 19.2 Å². The van der Waals surface area contributed by atoms with Gasteiger partial charge < -0.3 is 14.9 Å². The molecule has 0 radical (unpaired) electrons. The molecule has 0 fully saturated rings. The van der Waals surface area contributed by atoms with Crippen LogP contribution in [0.2, 0.25) is 0 Å². The van der Waals surface area contributed by atoms with Crippen molar-refractivity contribution in [2.24, 2.45) is 0 Å². The average Bonchev–Trinajstić information content (AvgIpc) is 2.45. The molecule has 0 aliphatic heterocycles. The maximum absolute atomic E-state index is 12.1. The molecule has 0 spiro atoms. The molecule has 0 atom stereocenters. The van der Waals surface area contributed by atoms with Crippen molar-refractivity contribution >= 4 is 17.9 Å². The predicted molar refractivity (Wildman–Crippen MR) is 73.9 cm³/mol. The number of carbonyl (C=O) groups is 2. The van der Waals surface area contributed by atoms with Gasteiger partial charge in [-0.3, -0.25) is 14.5 Å². The van der Waals surface area contributed by atoms with Gasteiger partial charge in [-0.05, 0) is 6.07 Å². The van der Waals surface area contributed by atoms with E-state index < -0.39 is 17.4 Å². The first-order chi connectivity index (χ1) is 9.46. The zero-order valence-corrected chi connectivity index (χ0v) is 11.0. The fraction of sp³-hybridized carbons (Fsp3) is 0.143. The Bertz CT molecular complexity index is 565. The van der Waals surface area contributed by atoms with Gasteiger partial charge in [0.25, 0.3) is 5.91 Å². The minimum atomic E-state index is -0.545. The minimum Gasteiger partial charge on any atom is -0.504 e. The smallest absolute Gasteiger partial charge is 0.259 e. The molecule has 20 heavy (non-hydrogen) atoms. The van der Waals surface area contributed by atoms with Crippen molar-refractivity contribution in [1.82, 2.24) is 0 Å². The Morgan fingerprint density at radius 1 is 1.45 bits per heavy atom. The second kappa shape index (κ2) is 6.53. The van der Waals surface area contributed by atoms with Crippen molar-refractivity contribution in [3.05, 3.63) is 42.5 Å². The van der Waals surface area contributed by atoms with E-state index in [-0.39, 0.29) is 23.6 Å². The highest BCUT2D eigenvalue weighted by Gasteiger charge is 2.20. The molecule has 6 heteroatoms. The van der Waals surface area contributed by atoms with Crippen molar-refractivity contribution in [3.8, 4) is 11.5 Å². The molecular formula is C14H15NO5. The molecule has 106 valence electrons. The highest BCUT2D eigenvalue weighted by molar-refractivity contribution is 6.07. The van der Waals surface area contributed by atoms with Crippen LogP contribution in [0.25, 0.3) is 0 Å². The van der Waals surface area contributed by atoms with Crippen molar-refractivity contribution in [1.29, 1.82) is 0 Å². The summed E-state index contributed by atoms with van der Waals surface area (Å²) in [6, 6.07) is 2.41. The predicted octanol–water partition coefficient (Wildman–Crippen LogP) is 1.59. The molecule has 0 saturated heterocycles. The first-order valence-electron chi connectivity index (χ1n) is 5.59. The number of aldehydes is 1. The summed E-state index contributed by atoms with van der Waals surface area (Å²) < 4.78 is 4.92. The fourth-order valence-electron chi connectivity index (χ4n) is 1.51. The van der Waals surface area contributed by atoms with Crippen molar-refractivity contribution < 1.29 is 24.5 Å². The van der Waals surface area contributed by atoms with Gasteiger partial charge in [0.05, 0.1) is 11.3 Å². The molecule has 0 bridgehead atoms. The number of carbonyl (C=O) groups excluding carboxylic acids is 2. The van der Waals surface area contributed by atoms with Gasteiger partial charge in [-0.25, -0.2) is 0 Å². The van der Waals surface area contributed by atoms with Gasteiger partial charge in [0, 0.05) is 18.7 Å². The average molecular weight is 277 g/mol. The molecule has 1 amide bonds. The highest BCUT2D eigenvalue weighted by atomic mass is 16.5. The molecule has 1 aromatic rings. The van der Waals surface area contributed by atoms with Crippen LogP contribution in [0.3, 0.4) is 0 Å². The highest BCUT2D eigenvalue weighted by Crippen LogP contribution is 2.33. The van der Waals surface area contributed by atoms with E-state index in [4.69, 9.17) is 4.74 Å². The Morgan fingerprint density at radius 3 is 2.60 bits per heavy atom. The largest absolute Gasteiger partial charge is 0.504 e. The number of rotatable bonds is 6. The number of hydrogen-bond acceptors (Lipinski definition) is 5. The molecule has 0 unspecified atom stereocenters. The van der Waals surface area contributed by atoms with Crippen LogP contribution in [0.5, 0.6) is 11.5 Å². The number of anilines is 1. The minimum absolute atomic E-state index is 0.117. The number of methoxy groups -OCH3 is 1. The monoisotopic (exact) mass is 277 g/mol. The molecule has 0 aliphatic rings. The molecule has 0 heterocycles. The summed E-state index contributed by atoms with van der Waals surface area (Å²) in [4.78, 5) is 24.1. The van der Waals surface area contributed by atoms with Crippen LogP contribution in [0.15, 0.2) is 36.9 Å². The standard InChI is InChI=1S/C14H15NO5/c1-4-9(2)14(19)15(8-20-3)11-5-10(7-16)13(18)12(17)6-11/h4-7,17-18H,1-2,8H2,3H3. The lowest BCUT2D eigenvalue weighted by atomic mass is 10.1. The van der Waals surface area contributed by atoms with E-state index in [1.165, 1.54) is 19.3 Å². The number of nitrogens with zero attached hydrogens (tertiary/aromatic N) is 1. The zero-order valence-electron chi connectivity index (χ0n) is 11.0. The van der Waals surface area contributed by atoms with Gasteiger partial charge in [0.15, 0.2) is 17.8 Å². The topological polar surface area (TPSA) is 87.1 Å². The second-order valence-electron chi connectivity index (χ2n) is 3.90. The number of aromatic hydroxyl groups is 2. The van der Waals surface area contributed by atoms with Gasteiger partial charge >= 0.3 is 0 Å². The van der Waals surface area contributed by atoms with E-state index in [9.17, 15) is 19.8 Å². The third-order valence-electron chi connectivity index (χ3n) is 2.57. The van der Waals surface area contributed by atoms with Crippen LogP contribution in [0, 0.1) is 0 Å². The summed E-state index contributed by atoms with van der Waals surface area (Å²) >= 11 is 0. The lowest BCUT2D eigenvalue weighted by Crippen LogP contribution is -2.33. The Balaban J connectivity index is 3.31. The van der Waals surface area contributed by atoms with E-state index >= 15 is 0 Å². The van der Waals surface area contributed by atoms with Gasteiger partial charge in [-0.15, -0.1) is 0 Å². The number of phenols is 2. The van der Waals surface area contributed by atoms with Crippen molar-refractivity contribution in [2.45, 2.75) is 0 Å². The van der Waals surface area contributed by atoms with Gasteiger partial charge in [0.2, 0.25) is 0 Å². The van der Waals surface area contributed by atoms with E-state index in [2.05, 4.69) is 13.2 Å². The lowest BCUT2D eigenvalue weighted by molar-refractivity contribution is -0.115. The van der Waals surface area contributed by atoms with E-state index in [1.54, 1.807) is 0 Å². The van der Waals surface area contributed by atoms with Crippen LogP contribution in [0.1, 0.15) is 10.4 Å². The van der Waals surface area contributed by atoms with Gasteiger partial charge in [-0.2, -0.15) is 0 Å². The van der Waals surface area contributed by atoms with Crippen LogP contribution >= 0.6 is 0 Å². The van der Waals surface area contributed by atoms with Crippen LogP contribution in [0.4, 0.5) is 5.69 Å². The van der Waals surface area contributed by atoms with Crippen LogP contribution in [-0.4, -0.2) is 36.2 Å². The molecule has 0 saturated carbocycles. The Morgan fingerprint density at radius 2 is 2.10 bits per heavy atom. The van der Waals surface area contributed by atoms with E-state index in [0.717, 1.165) is 11.0 Å². The van der Waals surface area contributed by atoms with Crippen molar-refractivity contribution in [2.75, 3.05) is 18.7 Å². The lowest BCUT2D eigenvalue weighted by Gasteiger charge is -2.22. The summed E-state index contributed by atoms with van der Waals surface area (Å²) in [6.45, 7) is 6.87. The summed E-state index contributed by atoms with van der Waals surface area (Å²) in [5, 5.41) is 19.1. The number of hydrogen-bond donors (Lipinski definition) is 2. The number of amides is 1. The SMILES string of the molecule is C=CC(=C)C(=O)N(COC)c1cc(O)c(O)c(C=O)c1. The maximum Gasteiger partial charge on any atom is 0.259 e. The Kier molecular flexibility index (Phi) is 5.05. The first-order valence-corrected chi connectivity index (χ1v) is 5.59. The molecule has 1 aromatic carbocycles. The zero-order chi connectivity index (χ0) is 15.3. The third kappa shape index (κ3) is 3.04. The fourth-order valence-corrected chi connectivity index (χ4v) is 1.51. The van der Waals surface area contributed by atoms with Crippen LogP contribution in [-0.2, 0) is 9.53 Å². The van der Waals surface area contributed by atoms with Gasteiger partial charge in [0.1, 0.15) is 6.73 Å². The molecule has 0 aromatic heterocycles. The summed E-state index contributed by atoms with van der Waals surface area (Å²) in [6.07, 6.45) is 1.65. The molecule has 1 rings (SSSR count). The van der Waals surface area contributed by atoms with Crippen LogP contribution < -0.4 is 4.90 Å². The quantitative estimate of drug-likeness (QED) is 0.271. The second-order valence-corrected chi connectivity index (χ2v) is 3.90. The molecular weight excluding hydrogens is 262 g/mol. The number of benzene rings is 1. The Hall–Kier alpha value is -2.60. The molecule has 0 aliphatic carbocycles. The summed E-state index contributed by atoms with van der Waals surface area (Å²) in [5.41, 5.74) is 0.178. The molecule has 2 N–H and O–H groups in total. The Labute approximate surface area is 116 Å². The first kappa shape index (κ1) is 15.5. The van der Waals surface area contributed by atoms with E-state index in [0.29, 0.717) is 6.29 Å². The number of phenolic OH excluding ortho intramolecular Hbond substituents is 2. The maximum atomic E-state index is 12.1.